The van der Waals surface area contributed by atoms with Crippen LogP contribution in [0.15, 0.2) is 47.5 Å². The predicted molar refractivity (Wildman–Crippen MR) is 74.7 cm³/mol. The molecule has 0 aliphatic carbocycles. The fraction of sp³-hybridized carbons (Fsp3) is 0.214. The molecule has 0 bridgehead atoms. The Morgan fingerprint density at radius 2 is 2.11 bits per heavy atom. The van der Waals surface area contributed by atoms with Crippen LogP contribution in [0.25, 0.3) is 0 Å². The van der Waals surface area contributed by atoms with Gasteiger partial charge in [0.2, 0.25) is 0 Å². The third-order valence-electron chi connectivity index (χ3n) is 2.55. The van der Waals surface area contributed by atoms with Crippen LogP contribution in [0, 0.1) is 0 Å². The highest BCUT2D eigenvalue weighted by molar-refractivity contribution is 7.98. The standard InChI is InChI=1S/C14H16N2OS/c1-18-14-5-3-2-4-13(14)17-10-11-6-7-16-12(8-11)9-15/h2-8H,9-10,15H2,1H3. The highest BCUT2D eigenvalue weighted by Gasteiger charge is 2.02. The number of hydrogen-bond acceptors (Lipinski definition) is 4. The average Bonchev–Trinajstić information content (AvgIpc) is 2.45. The molecule has 0 fully saturated rings. The first kappa shape index (κ1) is 12.9. The normalized spacial score (nSPS) is 10.3. The topological polar surface area (TPSA) is 48.1 Å². The van der Waals surface area contributed by atoms with Gasteiger partial charge in [-0.2, -0.15) is 0 Å². The van der Waals surface area contributed by atoms with E-state index in [1.54, 1.807) is 18.0 Å². The van der Waals surface area contributed by atoms with Crippen LogP contribution < -0.4 is 10.5 Å². The number of para-hydroxylation sites is 1. The molecule has 0 aliphatic heterocycles. The van der Waals surface area contributed by atoms with Crippen molar-refractivity contribution in [2.45, 2.75) is 18.0 Å². The molecule has 1 aromatic heterocycles. The minimum absolute atomic E-state index is 0.454. The van der Waals surface area contributed by atoms with Gasteiger partial charge in [0, 0.05) is 17.6 Å². The zero-order chi connectivity index (χ0) is 12.8. The van der Waals surface area contributed by atoms with Crippen LogP contribution in [0.1, 0.15) is 11.3 Å². The molecule has 1 heterocycles. The summed E-state index contributed by atoms with van der Waals surface area (Å²) in [6.45, 7) is 0.988. The van der Waals surface area contributed by atoms with Crippen LogP contribution in [0.4, 0.5) is 0 Å². The number of pyridine rings is 1. The van der Waals surface area contributed by atoms with Crippen LogP contribution in [0.5, 0.6) is 5.75 Å². The molecule has 0 amide bonds. The number of aromatic nitrogens is 1. The molecule has 0 atom stereocenters. The summed E-state index contributed by atoms with van der Waals surface area (Å²) in [5, 5.41) is 0. The van der Waals surface area contributed by atoms with Crippen molar-refractivity contribution in [2.75, 3.05) is 6.26 Å². The van der Waals surface area contributed by atoms with E-state index in [2.05, 4.69) is 11.1 Å². The molecule has 2 N–H and O–H groups in total. The number of thioether (sulfide) groups is 1. The fourth-order valence-electron chi connectivity index (χ4n) is 1.63. The Morgan fingerprint density at radius 3 is 2.89 bits per heavy atom. The predicted octanol–water partition coefficient (Wildman–Crippen LogP) is 2.84. The molecule has 2 rings (SSSR count). The van der Waals surface area contributed by atoms with E-state index in [1.807, 2.05) is 36.6 Å². The molecular formula is C14H16N2OS. The van der Waals surface area contributed by atoms with E-state index >= 15 is 0 Å². The quantitative estimate of drug-likeness (QED) is 0.840. The van der Waals surface area contributed by atoms with Crippen LogP contribution in [-0.4, -0.2) is 11.2 Å². The Bertz CT molecular complexity index is 517. The number of nitrogens with two attached hydrogens (primary N) is 1. The summed E-state index contributed by atoms with van der Waals surface area (Å²) in [7, 11) is 0. The van der Waals surface area contributed by atoms with Crippen molar-refractivity contribution in [1.82, 2.24) is 4.98 Å². The highest BCUT2D eigenvalue weighted by Crippen LogP contribution is 2.27. The van der Waals surface area contributed by atoms with Gasteiger partial charge in [-0.3, -0.25) is 4.98 Å². The molecule has 0 saturated carbocycles. The molecule has 0 saturated heterocycles. The van der Waals surface area contributed by atoms with Crippen molar-refractivity contribution in [3.8, 4) is 5.75 Å². The van der Waals surface area contributed by atoms with E-state index in [0.717, 1.165) is 21.9 Å². The number of benzene rings is 1. The van der Waals surface area contributed by atoms with Crippen molar-refractivity contribution in [1.29, 1.82) is 0 Å². The summed E-state index contributed by atoms with van der Waals surface area (Å²) in [6, 6.07) is 11.9. The van der Waals surface area contributed by atoms with Gasteiger partial charge in [0.15, 0.2) is 0 Å². The maximum absolute atomic E-state index is 5.82. The molecule has 94 valence electrons. The van der Waals surface area contributed by atoms with Crippen LogP contribution in [0.3, 0.4) is 0 Å². The van der Waals surface area contributed by atoms with Gasteiger partial charge in [0.05, 0.1) is 5.69 Å². The lowest BCUT2D eigenvalue weighted by molar-refractivity contribution is 0.298. The minimum atomic E-state index is 0.454. The Morgan fingerprint density at radius 1 is 1.28 bits per heavy atom. The third-order valence-corrected chi connectivity index (χ3v) is 3.33. The molecule has 0 radical (unpaired) electrons. The SMILES string of the molecule is CSc1ccccc1OCc1ccnc(CN)c1. The van der Waals surface area contributed by atoms with Gasteiger partial charge < -0.3 is 10.5 Å². The second-order valence-corrected chi connectivity index (χ2v) is 4.65. The highest BCUT2D eigenvalue weighted by atomic mass is 32.2. The Balaban J connectivity index is 2.06. The molecule has 18 heavy (non-hydrogen) atoms. The summed E-state index contributed by atoms with van der Waals surface area (Å²) in [6.07, 6.45) is 3.81. The Hall–Kier alpha value is -1.52. The first-order chi connectivity index (χ1) is 8.83. The summed E-state index contributed by atoms with van der Waals surface area (Å²) < 4.78 is 5.82. The molecule has 0 spiro atoms. The zero-order valence-corrected chi connectivity index (χ0v) is 11.1. The lowest BCUT2D eigenvalue weighted by Crippen LogP contribution is -2.02. The van der Waals surface area contributed by atoms with Gasteiger partial charge in [-0.05, 0) is 36.1 Å². The zero-order valence-electron chi connectivity index (χ0n) is 10.3. The summed E-state index contributed by atoms with van der Waals surface area (Å²) in [5.41, 5.74) is 7.53. The van der Waals surface area contributed by atoms with Crippen molar-refractivity contribution in [2.24, 2.45) is 5.73 Å². The molecule has 2 aromatic rings. The minimum Gasteiger partial charge on any atom is -0.488 e. The van der Waals surface area contributed by atoms with Crippen LogP contribution in [-0.2, 0) is 13.2 Å². The number of rotatable bonds is 5. The monoisotopic (exact) mass is 260 g/mol. The first-order valence-electron chi connectivity index (χ1n) is 5.73. The summed E-state index contributed by atoms with van der Waals surface area (Å²) in [4.78, 5) is 5.31. The van der Waals surface area contributed by atoms with E-state index in [0.29, 0.717) is 13.2 Å². The number of hydrogen-bond donors (Lipinski definition) is 1. The van der Waals surface area contributed by atoms with E-state index in [-0.39, 0.29) is 0 Å². The van der Waals surface area contributed by atoms with Crippen molar-refractivity contribution in [3.63, 3.8) is 0 Å². The van der Waals surface area contributed by atoms with Crippen molar-refractivity contribution in [3.05, 3.63) is 53.9 Å². The Kier molecular flexibility index (Phi) is 4.61. The maximum atomic E-state index is 5.82. The molecule has 0 aliphatic rings. The first-order valence-corrected chi connectivity index (χ1v) is 6.95. The molecule has 0 unspecified atom stereocenters. The Labute approximate surface area is 111 Å². The molecular weight excluding hydrogens is 244 g/mol. The largest absolute Gasteiger partial charge is 0.488 e. The van der Waals surface area contributed by atoms with Gasteiger partial charge in [-0.1, -0.05) is 12.1 Å². The molecule has 1 aromatic carbocycles. The lowest BCUT2D eigenvalue weighted by atomic mass is 10.2. The van der Waals surface area contributed by atoms with Crippen molar-refractivity contribution >= 4 is 11.8 Å². The lowest BCUT2D eigenvalue weighted by Gasteiger charge is -2.10. The molecule has 4 heteroatoms. The average molecular weight is 260 g/mol. The summed E-state index contributed by atoms with van der Waals surface area (Å²) in [5.74, 6) is 0.913. The van der Waals surface area contributed by atoms with Gasteiger partial charge in [-0.25, -0.2) is 0 Å². The fourth-order valence-corrected chi connectivity index (χ4v) is 2.17. The van der Waals surface area contributed by atoms with E-state index in [4.69, 9.17) is 10.5 Å². The number of ether oxygens (including phenoxy) is 1. The summed E-state index contributed by atoms with van der Waals surface area (Å²) >= 11 is 1.68. The van der Waals surface area contributed by atoms with Crippen LogP contribution >= 0.6 is 11.8 Å². The van der Waals surface area contributed by atoms with Crippen LogP contribution in [0.2, 0.25) is 0 Å². The maximum Gasteiger partial charge on any atom is 0.133 e. The smallest absolute Gasteiger partial charge is 0.133 e. The second-order valence-electron chi connectivity index (χ2n) is 3.80. The number of nitrogens with zero attached hydrogens (tertiary/aromatic N) is 1. The van der Waals surface area contributed by atoms with Gasteiger partial charge in [0.1, 0.15) is 12.4 Å². The molecule has 3 nitrogen and oxygen atoms in total. The second kappa shape index (κ2) is 6.42. The van der Waals surface area contributed by atoms with Crippen molar-refractivity contribution < 1.29 is 4.74 Å². The van der Waals surface area contributed by atoms with E-state index in [1.165, 1.54) is 0 Å². The van der Waals surface area contributed by atoms with E-state index < -0.39 is 0 Å². The van der Waals surface area contributed by atoms with E-state index in [9.17, 15) is 0 Å². The third kappa shape index (κ3) is 3.24. The van der Waals surface area contributed by atoms with Gasteiger partial charge in [-0.15, -0.1) is 11.8 Å². The van der Waals surface area contributed by atoms with Gasteiger partial charge in [0.25, 0.3) is 0 Å². The van der Waals surface area contributed by atoms with Gasteiger partial charge >= 0.3 is 0 Å².